The van der Waals surface area contributed by atoms with Gasteiger partial charge in [-0.1, -0.05) is 76.2 Å². The van der Waals surface area contributed by atoms with E-state index in [-0.39, 0.29) is 35.7 Å². The van der Waals surface area contributed by atoms with Gasteiger partial charge < -0.3 is 49.8 Å². The number of hydrogen-bond acceptors (Lipinski definition) is 10. The molecule has 4 amide bonds. The number of aromatic amines is 2. The predicted octanol–water partition coefficient (Wildman–Crippen LogP) is 6.27. The van der Waals surface area contributed by atoms with Crippen molar-refractivity contribution in [3.63, 3.8) is 0 Å². The third-order valence-corrected chi connectivity index (χ3v) is 11.5. The molecule has 3 fully saturated rings. The number of rotatable bonds is 13. The van der Waals surface area contributed by atoms with E-state index in [1.165, 1.54) is 7.11 Å². The SMILES string of the molecule is COC(=O)N[C@H](C(=O)N1CCC[C@H]1c1ncc(-c2ccc(-c3ccc(-c4nc([C@@H]5CCCN5C(=O)[C@@H](OC(N)=O)C(C)C)[nH]c4CC4OCCCO4)cc3)cc2)[nH]1)C(C)C. The van der Waals surface area contributed by atoms with Gasteiger partial charge in [-0.25, -0.2) is 19.6 Å². The number of likely N-dealkylation sites (tertiary alicyclic amines) is 2. The van der Waals surface area contributed by atoms with Crippen molar-refractivity contribution in [3.8, 4) is 33.6 Å². The quantitative estimate of drug-likeness (QED) is 0.119. The molecule has 5 N–H and O–H groups in total. The van der Waals surface area contributed by atoms with Gasteiger partial charge in [-0.15, -0.1) is 0 Å². The van der Waals surface area contributed by atoms with E-state index < -0.39 is 30.6 Å². The van der Waals surface area contributed by atoms with Crippen molar-refractivity contribution >= 4 is 24.0 Å². The molecule has 320 valence electrons. The molecule has 4 aromatic rings. The van der Waals surface area contributed by atoms with Gasteiger partial charge in [0, 0.05) is 30.8 Å². The van der Waals surface area contributed by atoms with E-state index in [4.69, 9.17) is 29.7 Å². The molecule has 16 heteroatoms. The van der Waals surface area contributed by atoms with Gasteiger partial charge in [-0.05, 0) is 60.6 Å². The van der Waals surface area contributed by atoms with Gasteiger partial charge in [0.25, 0.3) is 5.91 Å². The van der Waals surface area contributed by atoms with Crippen LogP contribution in [-0.2, 0) is 35.0 Å². The molecule has 2 aromatic heterocycles. The summed E-state index contributed by atoms with van der Waals surface area (Å²) in [7, 11) is 1.29. The number of imidazole rings is 2. The number of carbonyl (C=O) groups is 4. The van der Waals surface area contributed by atoms with Crippen LogP contribution in [0.5, 0.6) is 0 Å². The summed E-state index contributed by atoms with van der Waals surface area (Å²) in [5.41, 5.74) is 11.7. The summed E-state index contributed by atoms with van der Waals surface area (Å²) >= 11 is 0. The molecule has 16 nitrogen and oxygen atoms in total. The van der Waals surface area contributed by atoms with Crippen molar-refractivity contribution in [2.24, 2.45) is 17.6 Å². The highest BCUT2D eigenvalue weighted by atomic mass is 16.7. The van der Waals surface area contributed by atoms with E-state index in [0.717, 1.165) is 65.0 Å². The summed E-state index contributed by atoms with van der Waals surface area (Å²) in [6, 6.07) is 15.2. The van der Waals surface area contributed by atoms with Crippen molar-refractivity contribution < 1.29 is 38.1 Å². The lowest BCUT2D eigenvalue weighted by atomic mass is 10.00. The molecule has 3 saturated heterocycles. The third kappa shape index (κ3) is 9.34. The second-order valence-corrected chi connectivity index (χ2v) is 16.4. The Morgan fingerprint density at radius 2 is 1.38 bits per heavy atom. The maximum atomic E-state index is 13.7. The van der Waals surface area contributed by atoms with Crippen molar-refractivity contribution in [1.29, 1.82) is 0 Å². The molecule has 2 aromatic carbocycles. The summed E-state index contributed by atoms with van der Waals surface area (Å²) in [6.07, 6.45) is 3.18. The average molecular weight is 825 g/mol. The normalized spacial score (nSPS) is 19.4. The topological polar surface area (TPSA) is 207 Å². The number of methoxy groups -OCH3 is 1. The second-order valence-electron chi connectivity index (χ2n) is 16.4. The fraction of sp³-hybridized carbons (Fsp3) is 0.500. The lowest BCUT2D eigenvalue weighted by Crippen LogP contribution is -2.51. The molecule has 0 bridgehead atoms. The Hall–Kier alpha value is -5.74. The Balaban J connectivity index is 1.08. The molecule has 5 heterocycles. The van der Waals surface area contributed by atoms with Crippen LogP contribution in [0.25, 0.3) is 33.6 Å². The molecule has 0 saturated carbocycles. The number of carbonyl (C=O) groups excluding carboxylic acids is 4. The van der Waals surface area contributed by atoms with E-state index >= 15 is 0 Å². The van der Waals surface area contributed by atoms with Crippen LogP contribution in [0.2, 0.25) is 0 Å². The lowest BCUT2D eigenvalue weighted by Gasteiger charge is -2.30. The molecule has 60 heavy (non-hydrogen) atoms. The number of alkyl carbamates (subject to hydrolysis) is 1. The van der Waals surface area contributed by atoms with Gasteiger partial charge in [0.15, 0.2) is 12.4 Å². The molecule has 3 aliphatic rings. The highest BCUT2D eigenvalue weighted by molar-refractivity contribution is 5.86. The smallest absolute Gasteiger partial charge is 0.407 e. The number of benzene rings is 2. The number of nitrogens with zero attached hydrogens (tertiary/aromatic N) is 4. The van der Waals surface area contributed by atoms with Crippen molar-refractivity contribution in [2.45, 2.75) is 96.7 Å². The molecule has 0 spiro atoms. The van der Waals surface area contributed by atoms with Crippen LogP contribution in [0.15, 0.2) is 54.7 Å². The fourth-order valence-corrected chi connectivity index (χ4v) is 8.38. The number of amides is 4. The number of ether oxygens (including phenoxy) is 4. The van der Waals surface area contributed by atoms with Crippen LogP contribution >= 0.6 is 0 Å². The summed E-state index contributed by atoms with van der Waals surface area (Å²) in [6.45, 7) is 9.78. The van der Waals surface area contributed by atoms with Gasteiger partial charge in [0.2, 0.25) is 5.91 Å². The first kappa shape index (κ1) is 42.4. The number of aromatic nitrogens is 4. The zero-order chi connectivity index (χ0) is 42.5. The third-order valence-electron chi connectivity index (χ3n) is 11.5. The van der Waals surface area contributed by atoms with Crippen LogP contribution in [0.4, 0.5) is 9.59 Å². The number of hydrogen-bond donors (Lipinski definition) is 4. The summed E-state index contributed by atoms with van der Waals surface area (Å²) in [5, 5.41) is 2.70. The maximum absolute atomic E-state index is 13.7. The zero-order valence-corrected chi connectivity index (χ0v) is 34.9. The predicted molar refractivity (Wildman–Crippen MR) is 222 cm³/mol. The first-order valence-electron chi connectivity index (χ1n) is 20.9. The van der Waals surface area contributed by atoms with Crippen LogP contribution in [-0.4, -0.2) is 106 Å². The van der Waals surface area contributed by atoms with Gasteiger partial charge in [-0.3, -0.25) is 9.59 Å². The minimum absolute atomic E-state index is 0.116. The Labute approximate surface area is 349 Å². The average Bonchev–Trinajstić information content (AvgIpc) is 4.09. The molecular formula is C44H56N8O8. The first-order valence-corrected chi connectivity index (χ1v) is 20.9. The standard InChI is InChI=1S/C44H56N8O8/c1-25(2)36(50-44(56)57-5)41(53)51-19-6-9-33(51)39-46-24-32(48-39)29-15-11-27(12-16-29)28-13-17-30(18-14-28)37-31(23-35-58-21-8-22-59-35)47-40(49-37)34-10-7-20-52(34)42(54)38(26(3)4)60-43(45)55/h11-18,24-26,33-36,38H,6-10,19-23H2,1-5H3,(H2,45,55)(H,46,48)(H,47,49)(H,50,56)/t33-,34-,36-,38-/m0/s1. The van der Waals surface area contributed by atoms with E-state index in [9.17, 15) is 19.2 Å². The first-order chi connectivity index (χ1) is 28.9. The monoisotopic (exact) mass is 824 g/mol. The zero-order valence-electron chi connectivity index (χ0n) is 34.9. The molecular weight excluding hydrogens is 769 g/mol. The Kier molecular flexibility index (Phi) is 13.2. The molecule has 3 aliphatic heterocycles. The minimum atomic E-state index is -0.985. The lowest BCUT2D eigenvalue weighted by molar-refractivity contribution is -0.177. The second kappa shape index (κ2) is 18.7. The van der Waals surface area contributed by atoms with Crippen LogP contribution in [0.3, 0.4) is 0 Å². The molecule has 0 radical (unpaired) electrons. The van der Waals surface area contributed by atoms with Crippen LogP contribution < -0.4 is 11.1 Å². The Bertz CT molecular complexity index is 2130. The highest BCUT2D eigenvalue weighted by Crippen LogP contribution is 2.37. The van der Waals surface area contributed by atoms with E-state index in [1.807, 2.05) is 52.0 Å². The number of H-pyrrole nitrogens is 2. The number of primary amides is 1. The fourth-order valence-electron chi connectivity index (χ4n) is 8.38. The van der Waals surface area contributed by atoms with Gasteiger partial charge in [0.05, 0.1) is 50.0 Å². The van der Waals surface area contributed by atoms with Crippen LogP contribution in [0, 0.1) is 11.8 Å². The van der Waals surface area contributed by atoms with Crippen LogP contribution in [0.1, 0.15) is 89.2 Å². The molecule has 4 atom stereocenters. The molecule has 7 rings (SSSR count). The van der Waals surface area contributed by atoms with E-state index in [2.05, 4.69) is 44.5 Å². The highest BCUT2D eigenvalue weighted by Gasteiger charge is 2.40. The van der Waals surface area contributed by atoms with Gasteiger partial charge >= 0.3 is 12.2 Å². The van der Waals surface area contributed by atoms with E-state index in [1.54, 1.807) is 16.0 Å². The van der Waals surface area contributed by atoms with Gasteiger partial charge in [0.1, 0.15) is 17.7 Å². The maximum Gasteiger partial charge on any atom is 0.407 e. The largest absolute Gasteiger partial charge is 0.453 e. The number of nitrogens with two attached hydrogens (primary N) is 1. The summed E-state index contributed by atoms with van der Waals surface area (Å²) in [4.78, 5) is 71.3. The molecule has 0 aliphatic carbocycles. The Morgan fingerprint density at radius 3 is 1.97 bits per heavy atom. The molecule has 0 unspecified atom stereocenters. The van der Waals surface area contributed by atoms with Crippen molar-refractivity contribution in [2.75, 3.05) is 33.4 Å². The summed E-state index contributed by atoms with van der Waals surface area (Å²) in [5.74, 6) is 0.567. The minimum Gasteiger partial charge on any atom is -0.453 e. The van der Waals surface area contributed by atoms with Crippen molar-refractivity contribution in [1.82, 2.24) is 35.1 Å². The summed E-state index contributed by atoms with van der Waals surface area (Å²) < 4.78 is 21.9. The Morgan fingerprint density at radius 1 is 0.800 bits per heavy atom. The number of nitrogens with one attached hydrogen (secondary N) is 3. The van der Waals surface area contributed by atoms with Crippen molar-refractivity contribution in [3.05, 3.63) is 72.1 Å². The van der Waals surface area contributed by atoms with E-state index in [0.29, 0.717) is 50.8 Å². The van der Waals surface area contributed by atoms with Gasteiger partial charge in [-0.2, -0.15) is 0 Å².